The third-order valence-corrected chi connectivity index (χ3v) is 2.80. The van der Waals surface area contributed by atoms with Gasteiger partial charge in [0.1, 0.15) is 5.92 Å². The van der Waals surface area contributed by atoms with Crippen LogP contribution in [0, 0.1) is 18.3 Å². The van der Waals surface area contributed by atoms with E-state index in [2.05, 4.69) is 15.3 Å². The van der Waals surface area contributed by atoms with Gasteiger partial charge in [-0.1, -0.05) is 30.3 Å². The van der Waals surface area contributed by atoms with Gasteiger partial charge in [-0.05, 0) is 12.5 Å². The first-order valence-corrected chi connectivity index (χ1v) is 6.20. The van der Waals surface area contributed by atoms with Crippen molar-refractivity contribution in [2.24, 2.45) is 0 Å². The van der Waals surface area contributed by atoms with Gasteiger partial charge < -0.3 is 5.32 Å². The normalized spacial score (nSPS) is 11.4. The molecule has 0 aliphatic carbocycles. The monoisotopic (exact) mass is 266 g/mol. The summed E-state index contributed by atoms with van der Waals surface area (Å²) in [6, 6.07) is 11.0. The number of carbonyl (C=O) groups excluding carboxylic acids is 1. The number of nitriles is 1. The van der Waals surface area contributed by atoms with Crippen molar-refractivity contribution in [2.75, 3.05) is 0 Å². The first-order valence-electron chi connectivity index (χ1n) is 6.20. The van der Waals surface area contributed by atoms with Gasteiger partial charge in [-0.25, -0.2) is 0 Å². The quantitative estimate of drug-likeness (QED) is 0.913. The lowest BCUT2D eigenvalue weighted by Crippen LogP contribution is -2.28. The van der Waals surface area contributed by atoms with E-state index in [1.54, 1.807) is 36.7 Å². The second-order valence-electron chi connectivity index (χ2n) is 4.34. The molecule has 0 saturated heterocycles. The summed E-state index contributed by atoms with van der Waals surface area (Å²) < 4.78 is 0. The maximum absolute atomic E-state index is 12.0. The van der Waals surface area contributed by atoms with Crippen molar-refractivity contribution in [3.63, 3.8) is 0 Å². The molecule has 0 fully saturated rings. The van der Waals surface area contributed by atoms with Gasteiger partial charge in [-0.2, -0.15) is 5.26 Å². The Kier molecular flexibility index (Phi) is 4.40. The van der Waals surface area contributed by atoms with Gasteiger partial charge in [-0.3, -0.25) is 14.8 Å². The lowest BCUT2D eigenvalue weighted by atomic mass is 10.00. The highest BCUT2D eigenvalue weighted by atomic mass is 16.1. The van der Waals surface area contributed by atoms with Crippen molar-refractivity contribution in [1.82, 2.24) is 15.3 Å². The van der Waals surface area contributed by atoms with E-state index >= 15 is 0 Å². The number of aryl methyl sites for hydroxylation is 1. The molecule has 1 aromatic heterocycles. The third kappa shape index (κ3) is 3.39. The van der Waals surface area contributed by atoms with E-state index in [0.29, 0.717) is 11.3 Å². The fourth-order valence-electron chi connectivity index (χ4n) is 1.72. The van der Waals surface area contributed by atoms with Crippen LogP contribution in [0.25, 0.3) is 0 Å². The van der Waals surface area contributed by atoms with Crippen LogP contribution < -0.4 is 5.32 Å². The number of hydrogen-bond acceptors (Lipinski definition) is 4. The van der Waals surface area contributed by atoms with Gasteiger partial charge in [-0.15, -0.1) is 0 Å². The zero-order chi connectivity index (χ0) is 14.4. The molecule has 1 aromatic carbocycles. The van der Waals surface area contributed by atoms with Crippen LogP contribution in [0.4, 0.5) is 0 Å². The molecule has 1 N–H and O–H groups in total. The van der Waals surface area contributed by atoms with Gasteiger partial charge in [0.15, 0.2) is 0 Å². The number of rotatable bonds is 4. The van der Waals surface area contributed by atoms with Crippen molar-refractivity contribution in [3.05, 3.63) is 59.7 Å². The Balaban J connectivity index is 2.00. The Morgan fingerprint density at radius 2 is 2.05 bits per heavy atom. The minimum absolute atomic E-state index is 0.261. The van der Waals surface area contributed by atoms with Gasteiger partial charge in [0.05, 0.1) is 30.2 Å². The minimum atomic E-state index is -0.811. The zero-order valence-electron chi connectivity index (χ0n) is 11.1. The Bertz CT molecular complexity index is 617. The van der Waals surface area contributed by atoms with Crippen LogP contribution in [0.2, 0.25) is 0 Å². The summed E-state index contributed by atoms with van der Waals surface area (Å²) in [5, 5.41) is 11.8. The summed E-state index contributed by atoms with van der Waals surface area (Å²) in [7, 11) is 0. The lowest BCUT2D eigenvalue weighted by molar-refractivity contribution is -0.121. The van der Waals surface area contributed by atoms with Crippen molar-refractivity contribution in [2.45, 2.75) is 19.4 Å². The smallest absolute Gasteiger partial charge is 0.242 e. The highest BCUT2D eigenvalue weighted by molar-refractivity contribution is 5.86. The van der Waals surface area contributed by atoms with Gasteiger partial charge in [0.2, 0.25) is 5.91 Å². The Labute approximate surface area is 117 Å². The second-order valence-corrected chi connectivity index (χ2v) is 4.34. The van der Waals surface area contributed by atoms with E-state index in [4.69, 9.17) is 5.26 Å². The van der Waals surface area contributed by atoms with Gasteiger partial charge in [0, 0.05) is 6.20 Å². The highest BCUT2D eigenvalue weighted by Crippen LogP contribution is 2.14. The first-order chi connectivity index (χ1) is 9.70. The number of nitrogens with one attached hydrogen (secondary N) is 1. The number of hydrogen-bond donors (Lipinski definition) is 1. The third-order valence-electron chi connectivity index (χ3n) is 2.80. The summed E-state index contributed by atoms with van der Waals surface area (Å²) in [6.07, 6.45) is 3.25. The first kappa shape index (κ1) is 13.7. The second kappa shape index (κ2) is 6.43. The molecular formula is C15H14N4O. The molecule has 1 amide bonds. The van der Waals surface area contributed by atoms with Crippen LogP contribution >= 0.6 is 0 Å². The van der Waals surface area contributed by atoms with Gasteiger partial charge in [0.25, 0.3) is 0 Å². The predicted octanol–water partition coefficient (Wildman–Crippen LogP) is 1.71. The molecule has 0 radical (unpaired) electrons. The molecule has 0 aliphatic rings. The molecule has 5 nitrogen and oxygen atoms in total. The number of benzene rings is 1. The largest absolute Gasteiger partial charge is 0.349 e. The lowest BCUT2D eigenvalue weighted by Gasteiger charge is -2.10. The molecular weight excluding hydrogens is 252 g/mol. The topological polar surface area (TPSA) is 78.7 Å². The average Bonchev–Trinajstić information content (AvgIpc) is 2.48. The standard InChI is InChI=1S/C15H14N4O/c1-11-8-18-13(9-17-11)10-19-15(20)14(7-16)12-5-3-2-4-6-12/h2-6,8-9,14H,10H2,1H3,(H,19,20). The van der Waals surface area contributed by atoms with Crippen LogP contribution in [-0.2, 0) is 11.3 Å². The highest BCUT2D eigenvalue weighted by Gasteiger charge is 2.19. The molecule has 1 heterocycles. The van der Waals surface area contributed by atoms with E-state index < -0.39 is 5.92 Å². The predicted molar refractivity (Wildman–Crippen MR) is 73.4 cm³/mol. The summed E-state index contributed by atoms with van der Waals surface area (Å²) in [5.74, 6) is -1.14. The fourth-order valence-corrected chi connectivity index (χ4v) is 1.72. The zero-order valence-corrected chi connectivity index (χ0v) is 11.1. The minimum Gasteiger partial charge on any atom is -0.349 e. The van der Waals surface area contributed by atoms with Crippen LogP contribution in [0.5, 0.6) is 0 Å². The van der Waals surface area contributed by atoms with Crippen molar-refractivity contribution in [1.29, 1.82) is 5.26 Å². The number of carbonyl (C=O) groups is 1. The molecule has 100 valence electrons. The van der Waals surface area contributed by atoms with Crippen molar-refractivity contribution >= 4 is 5.91 Å². The number of aromatic nitrogens is 2. The van der Waals surface area contributed by atoms with E-state index in [1.807, 2.05) is 19.1 Å². The van der Waals surface area contributed by atoms with E-state index in [9.17, 15) is 4.79 Å². The van der Waals surface area contributed by atoms with Crippen LogP contribution in [0.3, 0.4) is 0 Å². The summed E-state index contributed by atoms with van der Waals surface area (Å²) in [4.78, 5) is 20.3. The van der Waals surface area contributed by atoms with Crippen molar-refractivity contribution < 1.29 is 4.79 Å². The number of nitrogens with zero attached hydrogens (tertiary/aromatic N) is 3. The van der Waals surface area contributed by atoms with E-state index in [0.717, 1.165) is 5.69 Å². The summed E-state index contributed by atoms with van der Waals surface area (Å²) >= 11 is 0. The molecule has 5 heteroatoms. The maximum atomic E-state index is 12.0. The molecule has 2 rings (SSSR count). The van der Waals surface area contributed by atoms with Crippen molar-refractivity contribution in [3.8, 4) is 6.07 Å². The Morgan fingerprint density at radius 1 is 1.30 bits per heavy atom. The van der Waals surface area contributed by atoms with Crippen LogP contribution in [0.1, 0.15) is 22.9 Å². The van der Waals surface area contributed by atoms with Crippen LogP contribution in [-0.4, -0.2) is 15.9 Å². The molecule has 20 heavy (non-hydrogen) atoms. The molecule has 1 unspecified atom stereocenters. The fraction of sp³-hybridized carbons (Fsp3) is 0.200. The summed E-state index contributed by atoms with van der Waals surface area (Å²) in [6.45, 7) is 2.10. The van der Waals surface area contributed by atoms with E-state index in [-0.39, 0.29) is 12.5 Å². The number of amides is 1. The SMILES string of the molecule is Cc1cnc(CNC(=O)C(C#N)c2ccccc2)cn1. The van der Waals surface area contributed by atoms with Crippen LogP contribution in [0.15, 0.2) is 42.7 Å². The molecule has 0 spiro atoms. The molecule has 2 aromatic rings. The summed E-state index contributed by atoms with van der Waals surface area (Å²) in [5.41, 5.74) is 2.16. The van der Waals surface area contributed by atoms with E-state index in [1.165, 1.54) is 0 Å². The Morgan fingerprint density at radius 3 is 2.65 bits per heavy atom. The molecule has 1 atom stereocenters. The maximum Gasteiger partial charge on any atom is 0.242 e. The Hall–Kier alpha value is -2.74. The van der Waals surface area contributed by atoms with Gasteiger partial charge >= 0.3 is 0 Å². The average molecular weight is 266 g/mol. The molecule has 0 aliphatic heterocycles. The molecule has 0 saturated carbocycles. The molecule has 0 bridgehead atoms.